The SMILES string of the molecule is CCCNC(Cc1cn(C)nn1)c1c(F)cccc1OC. The monoisotopic (exact) mass is 292 g/mol. The fraction of sp³-hybridized carbons (Fsp3) is 0.467. The Kier molecular flexibility index (Phi) is 5.27. The van der Waals surface area contributed by atoms with Crippen LogP contribution in [-0.4, -0.2) is 28.6 Å². The maximum Gasteiger partial charge on any atom is 0.131 e. The molecule has 1 N–H and O–H groups in total. The maximum atomic E-state index is 14.3. The van der Waals surface area contributed by atoms with Crippen LogP contribution in [0.2, 0.25) is 0 Å². The largest absolute Gasteiger partial charge is 0.496 e. The average molecular weight is 292 g/mol. The van der Waals surface area contributed by atoms with Crippen molar-refractivity contribution in [3.63, 3.8) is 0 Å². The second-order valence-electron chi connectivity index (χ2n) is 4.95. The smallest absolute Gasteiger partial charge is 0.131 e. The van der Waals surface area contributed by atoms with E-state index in [2.05, 4.69) is 22.6 Å². The highest BCUT2D eigenvalue weighted by Crippen LogP contribution is 2.29. The third kappa shape index (κ3) is 3.78. The lowest BCUT2D eigenvalue weighted by atomic mass is 10.00. The van der Waals surface area contributed by atoms with E-state index in [0.29, 0.717) is 17.7 Å². The summed E-state index contributed by atoms with van der Waals surface area (Å²) in [6, 6.07) is 4.68. The molecule has 0 saturated heterocycles. The normalized spacial score (nSPS) is 12.4. The highest BCUT2D eigenvalue weighted by Gasteiger charge is 2.21. The van der Waals surface area contributed by atoms with Crippen molar-refractivity contribution in [1.82, 2.24) is 20.3 Å². The van der Waals surface area contributed by atoms with Gasteiger partial charge in [0.25, 0.3) is 0 Å². The molecule has 6 heteroatoms. The van der Waals surface area contributed by atoms with E-state index in [1.807, 2.05) is 13.2 Å². The van der Waals surface area contributed by atoms with Crippen LogP contribution < -0.4 is 10.1 Å². The molecule has 0 spiro atoms. The van der Waals surface area contributed by atoms with Crippen LogP contribution in [0.4, 0.5) is 4.39 Å². The van der Waals surface area contributed by atoms with Crippen LogP contribution in [0.5, 0.6) is 5.75 Å². The first-order chi connectivity index (χ1) is 10.2. The van der Waals surface area contributed by atoms with Crippen molar-refractivity contribution >= 4 is 0 Å². The molecule has 5 nitrogen and oxygen atoms in total. The van der Waals surface area contributed by atoms with Crippen molar-refractivity contribution in [2.75, 3.05) is 13.7 Å². The molecule has 0 saturated carbocycles. The Labute approximate surface area is 124 Å². The number of hydrogen-bond acceptors (Lipinski definition) is 4. The number of rotatable bonds is 7. The van der Waals surface area contributed by atoms with Gasteiger partial charge >= 0.3 is 0 Å². The number of nitrogens with one attached hydrogen (secondary N) is 1. The second kappa shape index (κ2) is 7.17. The fourth-order valence-electron chi connectivity index (χ4n) is 2.33. The van der Waals surface area contributed by atoms with E-state index in [4.69, 9.17) is 4.74 Å². The van der Waals surface area contributed by atoms with Crippen LogP contribution in [0, 0.1) is 5.82 Å². The summed E-state index contributed by atoms with van der Waals surface area (Å²) in [5, 5.41) is 11.4. The highest BCUT2D eigenvalue weighted by atomic mass is 19.1. The number of benzene rings is 1. The van der Waals surface area contributed by atoms with Gasteiger partial charge in [-0.3, -0.25) is 4.68 Å². The van der Waals surface area contributed by atoms with Gasteiger partial charge in [0.15, 0.2) is 0 Å². The number of aryl methyl sites for hydroxylation is 1. The molecule has 1 aromatic heterocycles. The lowest BCUT2D eigenvalue weighted by Gasteiger charge is -2.21. The van der Waals surface area contributed by atoms with Gasteiger partial charge in [0.1, 0.15) is 11.6 Å². The Morgan fingerprint density at radius 3 is 2.86 bits per heavy atom. The summed E-state index contributed by atoms with van der Waals surface area (Å²) >= 11 is 0. The lowest BCUT2D eigenvalue weighted by Crippen LogP contribution is -2.25. The molecule has 0 aliphatic carbocycles. The van der Waals surface area contributed by atoms with E-state index in [1.165, 1.54) is 6.07 Å². The van der Waals surface area contributed by atoms with Crippen LogP contribution in [0.3, 0.4) is 0 Å². The van der Waals surface area contributed by atoms with E-state index in [0.717, 1.165) is 18.7 Å². The number of ether oxygens (including phenoxy) is 1. The molecule has 0 amide bonds. The first kappa shape index (κ1) is 15.4. The molecular weight excluding hydrogens is 271 g/mol. The van der Waals surface area contributed by atoms with Gasteiger partial charge < -0.3 is 10.1 Å². The molecule has 1 aromatic carbocycles. The standard InChI is InChI=1S/C15H21FN4O/c1-4-8-17-13(9-11-10-20(2)19-18-11)15-12(16)6-5-7-14(15)21-3/h5-7,10,13,17H,4,8-9H2,1-3H3. The van der Waals surface area contributed by atoms with Gasteiger partial charge in [0, 0.05) is 31.3 Å². The zero-order valence-electron chi connectivity index (χ0n) is 12.6. The van der Waals surface area contributed by atoms with Crippen molar-refractivity contribution in [2.24, 2.45) is 7.05 Å². The summed E-state index contributed by atoms with van der Waals surface area (Å²) in [4.78, 5) is 0. The summed E-state index contributed by atoms with van der Waals surface area (Å²) in [5.41, 5.74) is 1.36. The topological polar surface area (TPSA) is 52.0 Å². The van der Waals surface area contributed by atoms with E-state index in [1.54, 1.807) is 23.9 Å². The summed E-state index contributed by atoms with van der Waals surface area (Å²) < 4.78 is 21.2. The summed E-state index contributed by atoms with van der Waals surface area (Å²) in [7, 11) is 3.37. The molecule has 1 atom stereocenters. The van der Waals surface area contributed by atoms with Gasteiger partial charge in [-0.15, -0.1) is 5.10 Å². The van der Waals surface area contributed by atoms with Gasteiger partial charge in [-0.25, -0.2) is 4.39 Å². The molecule has 0 aliphatic heterocycles. The first-order valence-electron chi connectivity index (χ1n) is 7.06. The number of aromatic nitrogens is 3. The van der Waals surface area contributed by atoms with Crippen molar-refractivity contribution < 1.29 is 9.13 Å². The molecule has 114 valence electrons. The Hall–Kier alpha value is -1.95. The van der Waals surface area contributed by atoms with Gasteiger partial charge in [-0.05, 0) is 25.1 Å². The van der Waals surface area contributed by atoms with Crippen molar-refractivity contribution in [2.45, 2.75) is 25.8 Å². The summed E-state index contributed by atoms with van der Waals surface area (Å²) in [6.07, 6.45) is 3.37. The molecule has 0 fully saturated rings. The predicted octanol–water partition coefficient (Wildman–Crippen LogP) is 2.25. The van der Waals surface area contributed by atoms with Crippen LogP contribution in [0.25, 0.3) is 0 Å². The molecule has 2 aromatic rings. The Morgan fingerprint density at radius 1 is 1.43 bits per heavy atom. The molecule has 2 rings (SSSR count). The fourth-order valence-corrected chi connectivity index (χ4v) is 2.33. The minimum absolute atomic E-state index is 0.196. The van der Waals surface area contributed by atoms with Crippen LogP contribution >= 0.6 is 0 Å². The van der Waals surface area contributed by atoms with Crippen molar-refractivity contribution in [3.8, 4) is 5.75 Å². The number of nitrogens with zero attached hydrogens (tertiary/aromatic N) is 3. The number of methoxy groups -OCH3 is 1. The third-order valence-corrected chi connectivity index (χ3v) is 3.29. The van der Waals surface area contributed by atoms with Crippen molar-refractivity contribution in [3.05, 3.63) is 41.5 Å². The molecule has 1 heterocycles. The zero-order chi connectivity index (χ0) is 15.2. The zero-order valence-corrected chi connectivity index (χ0v) is 12.6. The lowest BCUT2D eigenvalue weighted by molar-refractivity contribution is 0.388. The molecular formula is C15H21FN4O. The highest BCUT2D eigenvalue weighted by molar-refractivity contribution is 5.37. The van der Waals surface area contributed by atoms with Crippen LogP contribution in [0.1, 0.15) is 30.6 Å². The van der Waals surface area contributed by atoms with Gasteiger partial charge in [-0.2, -0.15) is 0 Å². The maximum absolute atomic E-state index is 14.3. The van der Waals surface area contributed by atoms with E-state index < -0.39 is 0 Å². The van der Waals surface area contributed by atoms with Gasteiger partial charge in [0.05, 0.1) is 12.8 Å². The predicted molar refractivity (Wildman–Crippen MR) is 78.7 cm³/mol. The quantitative estimate of drug-likeness (QED) is 0.850. The van der Waals surface area contributed by atoms with E-state index >= 15 is 0 Å². The van der Waals surface area contributed by atoms with Crippen LogP contribution in [-0.2, 0) is 13.5 Å². The molecule has 0 bridgehead atoms. The van der Waals surface area contributed by atoms with E-state index in [-0.39, 0.29) is 11.9 Å². The number of halogens is 1. The Balaban J connectivity index is 2.31. The average Bonchev–Trinajstić information content (AvgIpc) is 2.88. The minimum atomic E-state index is -0.271. The molecule has 0 radical (unpaired) electrons. The van der Waals surface area contributed by atoms with Gasteiger partial charge in [-0.1, -0.05) is 18.2 Å². The Morgan fingerprint density at radius 2 is 2.24 bits per heavy atom. The molecule has 1 unspecified atom stereocenters. The molecule has 21 heavy (non-hydrogen) atoms. The second-order valence-corrected chi connectivity index (χ2v) is 4.95. The Bertz CT molecular complexity index is 585. The summed E-state index contributed by atoms with van der Waals surface area (Å²) in [5.74, 6) is 0.277. The van der Waals surface area contributed by atoms with Crippen molar-refractivity contribution in [1.29, 1.82) is 0 Å². The van der Waals surface area contributed by atoms with Crippen LogP contribution in [0.15, 0.2) is 24.4 Å². The summed E-state index contributed by atoms with van der Waals surface area (Å²) in [6.45, 7) is 2.87. The van der Waals surface area contributed by atoms with Gasteiger partial charge in [0.2, 0.25) is 0 Å². The first-order valence-corrected chi connectivity index (χ1v) is 7.06. The third-order valence-electron chi connectivity index (χ3n) is 3.29. The van der Waals surface area contributed by atoms with E-state index in [9.17, 15) is 4.39 Å². The molecule has 0 aliphatic rings. The number of hydrogen-bond donors (Lipinski definition) is 1. The minimum Gasteiger partial charge on any atom is -0.496 e.